The third kappa shape index (κ3) is 6.58. The van der Waals surface area contributed by atoms with Crippen molar-refractivity contribution in [3.63, 3.8) is 0 Å². The summed E-state index contributed by atoms with van der Waals surface area (Å²) >= 11 is 2.09. The van der Waals surface area contributed by atoms with Crippen LogP contribution in [-0.2, 0) is 18.3 Å². The Morgan fingerprint density at radius 2 is 2.07 bits per heavy atom. The number of rotatable bonds is 7. The molecule has 0 amide bonds. The van der Waals surface area contributed by atoms with Crippen LogP contribution < -0.4 is 5.32 Å². The lowest BCUT2D eigenvalue weighted by Gasteiger charge is -2.36. The van der Waals surface area contributed by atoms with Crippen molar-refractivity contribution >= 4 is 17.7 Å². The minimum absolute atomic E-state index is 0.555. The van der Waals surface area contributed by atoms with Crippen molar-refractivity contribution in [2.45, 2.75) is 39.0 Å². The van der Waals surface area contributed by atoms with Crippen molar-refractivity contribution in [3.05, 3.63) is 11.6 Å². The van der Waals surface area contributed by atoms with Gasteiger partial charge in [-0.15, -0.1) is 10.2 Å². The average Bonchev–Trinajstić information content (AvgIpc) is 3.06. The molecular formula is C20H37N7OS. The smallest absolute Gasteiger partial charge is 0.194 e. The SMILES string of the molecule is Cc1nnc(CN=C(NCCCN2CCOCC2)N2CCSC(C(C)C)C2)n1C. The first kappa shape index (κ1) is 22.4. The van der Waals surface area contributed by atoms with E-state index in [2.05, 4.69) is 50.9 Å². The normalized spacial score (nSPS) is 21.8. The Hall–Kier alpha value is -1.32. The number of guanidine groups is 1. The van der Waals surface area contributed by atoms with E-state index in [-0.39, 0.29) is 0 Å². The Labute approximate surface area is 179 Å². The molecule has 0 radical (unpaired) electrons. The third-order valence-corrected chi connectivity index (χ3v) is 7.27. The monoisotopic (exact) mass is 423 g/mol. The first-order valence-corrected chi connectivity index (χ1v) is 11.9. The molecule has 2 saturated heterocycles. The highest BCUT2D eigenvalue weighted by Crippen LogP contribution is 2.25. The summed E-state index contributed by atoms with van der Waals surface area (Å²) in [5.41, 5.74) is 0. The summed E-state index contributed by atoms with van der Waals surface area (Å²) < 4.78 is 7.46. The Morgan fingerprint density at radius 3 is 2.76 bits per heavy atom. The lowest BCUT2D eigenvalue weighted by atomic mass is 10.1. The minimum Gasteiger partial charge on any atom is -0.379 e. The topological polar surface area (TPSA) is 70.8 Å². The van der Waals surface area contributed by atoms with E-state index in [9.17, 15) is 0 Å². The molecule has 0 spiro atoms. The molecular weight excluding hydrogens is 386 g/mol. The van der Waals surface area contributed by atoms with Gasteiger partial charge < -0.3 is 19.5 Å². The summed E-state index contributed by atoms with van der Waals surface area (Å²) in [5, 5.41) is 12.7. The van der Waals surface area contributed by atoms with Gasteiger partial charge >= 0.3 is 0 Å². The quantitative estimate of drug-likeness (QED) is 0.403. The molecule has 2 aliphatic rings. The Balaban J connectivity index is 1.59. The first-order valence-electron chi connectivity index (χ1n) is 10.8. The summed E-state index contributed by atoms with van der Waals surface area (Å²) in [5.74, 6) is 4.66. The van der Waals surface area contributed by atoms with Crippen molar-refractivity contribution in [1.82, 2.24) is 29.9 Å². The number of nitrogens with one attached hydrogen (secondary N) is 1. The van der Waals surface area contributed by atoms with Gasteiger partial charge in [0.05, 0.1) is 13.2 Å². The zero-order valence-corrected chi connectivity index (χ0v) is 19.2. The van der Waals surface area contributed by atoms with E-state index in [4.69, 9.17) is 9.73 Å². The fourth-order valence-corrected chi connectivity index (χ4v) is 4.90. The van der Waals surface area contributed by atoms with Crippen molar-refractivity contribution in [3.8, 4) is 0 Å². The van der Waals surface area contributed by atoms with E-state index in [0.717, 1.165) is 82.3 Å². The maximum absolute atomic E-state index is 5.44. The van der Waals surface area contributed by atoms with Gasteiger partial charge in [-0.1, -0.05) is 13.8 Å². The molecule has 2 fully saturated rings. The summed E-state index contributed by atoms with van der Waals surface area (Å²) in [7, 11) is 2.00. The highest BCUT2D eigenvalue weighted by Gasteiger charge is 2.25. The maximum Gasteiger partial charge on any atom is 0.194 e. The van der Waals surface area contributed by atoms with Crippen LogP contribution in [0.4, 0.5) is 0 Å². The lowest BCUT2D eigenvalue weighted by molar-refractivity contribution is 0.0375. The Bertz CT molecular complexity index is 657. The van der Waals surface area contributed by atoms with Crippen LogP contribution >= 0.6 is 11.8 Å². The van der Waals surface area contributed by atoms with E-state index >= 15 is 0 Å². The zero-order chi connectivity index (χ0) is 20.6. The lowest BCUT2D eigenvalue weighted by Crippen LogP contribution is -2.49. The van der Waals surface area contributed by atoms with Gasteiger partial charge in [0, 0.05) is 50.8 Å². The van der Waals surface area contributed by atoms with Crippen LogP contribution in [0.3, 0.4) is 0 Å². The van der Waals surface area contributed by atoms with Gasteiger partial charge in [-0.05, 0) is 25.8 Å². The predicted octanol–water partition coefficient (Wildman–Crippen LogP) is 1.36. The molecule has 1 N–H and O–H groups in total. The van der Waals surface area contributed by atoms with E-state index in [0.29, 0.717) is 17.7 Å². The number of hydrogen-bond donors (Lipinski definition) is 1. The molecule has 0 bridgehead atoms. The molecule has 2 aliphatic heterocycles. The number of morpholine rings is 1. The maximum atomic E-state index is 5.44. The number of hydrogen-bond acceptors (Lipinski definition) is 6. The fourth-order valence-electron chi connectivity index (χ4n) is 3.60. The van der Waals surface area contributed by atoms with Gasteiger partial charge in [0.2, 0.25) is 0 Å². The van der Waals surface area contributed by atoms with E-state index in [1.807, 2.05) is 18.5 Å². The Kier molecular flexibility index (Phi) is 8.62. The molecule has 1 atom stereocenters. The summed E-state index contributed by atoms with van der Waals surface area (Å²) in [6.45, 7) is 15.1. The van der Waals surface area contributed by atoms with E-state index < -0.39 is 0 Å². The number of aryl methyl sites for hydroxylation is 1. The molecule has 0 saturated carbocycles. The second-order valence-electron chi connectivity index (χ2n) is 8.20. The molecule has 3 heterocycles. The Morgan fingerprint density at radius 1 is 1.28 bits per heavy atom. The summed E-state index contributed by atoms with van der Waals surface area (Å²) in [6.07, 6.45) is 1.11. The molecule has 1 aromatic rings. The van der Waals surface area contributed by atoms with Crippen LogP contribution in [0, 0.1) is 12.8 Å². The van der Waals surface area contributed by atoms with Gasteiger partial charge in [0.1, 0.15) is 12.4 Å². The third-order valence-electron chi connectivity index (χ3n) is 5.73. The van der Waals surface area contributed by atoms with Crippen LogP contribution in [-0.4, -0.2) is 94.0 Å². The van der Waals surface area contributed by atoms with E-state index in [1.165, 1.54) is 0 Å². The molecule has 9 heteroatoms. The molecule has 3 rings (SSSR count). The molecule has 1 aromatic heterocycles. The van der Waals surface area contributed by atoms with Gasteiger partial charge in [0.15, 0.2) is 11.8 Å². The van der Waals surface area contributed by atoms with Gasteiger partial charge in [-0.3, -0.25) is 4.90 Å². The number of ether oxygens (including phenoxy) is 1. The molecule has 1 unspecified atom stereocenters. The number of aliphatic imine (C=N–C) groups is 1. The molecule has 8 nitrogen and oxygen atoms in total. The molecule has 164 valence electrons. The van der Waals surface area contributed by atoms with Crippen LogP contribution in [0.1, 0.15) is 31.9 Å². The predicted molar refractivity (Wildman–Crippen MR) is 119 cm³/mol. The first-order chi connectivity index (χ1) is 14.0. The molecule has 0 aromatic carbocycles. The largest absolute Gasteiger partial charge is 0.379 e. The van der Waals surface area contributed by atoms with Crippen molar-refractivity contribution in [1.29, 1.82) is 0 Å². The fraction of sp³-hybridized carbons (Fsp3) is 0.850. The zero-order valence-electron chi connectivity index (χ0n) is 18.4. The van der Waals surface area contributed by atoms with Crippen molar-refractivity contribution < 1.29 is 4.74 Å². The van der Waals surface area contributed by atoms with Crippen LogP contribution in [0.15, 0.2) is 4.99 Å². The van der Waals surface area contributed by atoms with E-state index in [1.54, 1.807) is 0 Å². The minimum atomic E-state index is 0.555. The summed E-state index contributed by atoms with van der Waals surface area (Å²) in [4.78, 5) is 9.85. The molecule has 0 aliphatic carbocycles. The van der Waals surface area contributed by atoms with Gasteiger partial charge in [-0.2, -0.15) is 11.8 Å². The number of aromatic nitrogens is 3. The van der Waals surface area contributed by atoms with Crippen LogP contribution in [0.2, 0.25) is 0 Å². The van der Waals surface area contributed by atoms with Crippen LogP contribution in [0.5, 0.6) is 0 Å². The number of thioether (sulfide) groups is 1. The van der Waals surface area contributed by atoms with Crippen molar-refractivity contribution in [2.24, 2.45) is 18.0 Å². The average molecular weight is 424 g/mol. The second kappa shape index (κ2) is 11.2. The standard InChI is InChI=1S/C20H37N7OS/c1-16(2)18-15-27(10-13-29-18)20(22-14-19-24-23-17(3)25(19)4)21-6-5-7-26-8-11-28-12-9-26/h16,18H,5-15H2,1-4H3,(H,21,22). The highest BCUT2D eigenvalue weighted by atomic mass is 32.2. The van der Waals surface area contributed by atoms with Crippen molar-refractivity contribution in [2.75, 3.05) is 58.2 Å². The van der Waals surface area contributed by atoms with Gasteiger partial charge in [-0.25, -0.2) is 4.99 Å². The van der Waals surface area contributed by atoms with Gasteiger partial charge in [0.25, 0.3) is 0 Å². The number of nitrogens with zero attached hydrogens (tertiary/aromatic N) is 6. The second-order valence-corrected chi connectivity index (χ2v) is 9.54. The van der Waals surface area contributed by atoms with Crippen LogP contribution in [0.25, 0.3) is 0 Å². The summed E-state index contributed by atoms with van der Waals surface area (Å²) in [6, 6.07) is 0. The highest BCUT2D eigenvalue weighted by molar-refractivity contribution is 8.00. The molecule has 29 heavy (non-hydrogen) atoms.